The molecule has 0 heterocycles. The molecule has 1 aromatic carbocycles. The van der Waals surface area contributed by atoms with Crippen LogP contribution in [-0.2, 0) is 4.74 Å². The van der Waals surface area contributed by atoms with Crippen molar-refractivity contribution in [1.29, 1.82) is 0 Å². The number of halogens is 1. The maximum absolute atomic E-state index is 11.8. The van der Waals surface area contributed by atoms with Crippen LogP contribution in [0.3, 0.4) is 0 Å². The molecule has 0 aliphatic heterocycles. The molecule has 6 heteroatoms. The molecule has 0 radical (unpaired) electrons. The molecule has 0 saturated heterocycles. The molecule has 1 atom stereocenters. The van der Waals surface area contributed by atoms with E-state index in [0.29, 0.717) is 24.8 Å². The van der Waals surface area contributed by atoms with E-state index in [1.807, 2.05) is 19.1 Å². The largest absolute Gasteiger partial charge is 0.494 e. The van der Waals surface area contributed by atoms with Gasteiger partial charge in [-0.2, -0.15) is 0 Å². The van der Waals surface area contributed by atoms with Gasteiger partial charge in [0.1, 0.15) is 5.75 Å². The Labute approximate surface area is 131 Å². The van der Waals surface area contributed by atoms with E-state index in [1.54, 1.807) is 31.2 Å². The van der Waals surface area contributed by atoms with Crippen molar-refractivity contribution < 1.29 is 14.3 Å². The van der Waals surface area contributed by atoms with Gasteiger partial charge in [0.25, 0.3) is 0 Å². The van der Waals surface area contributed by atoms with Crippen molar-refractivity contribution in [3.05, 3.63) is 29.3 Å². The smallest absolute Gasteiger partial charge is 0.317 e. The van der Waals surface area contributed by atoms with Gasteiger partial charge in [-0.05, 0) is 37.6 Å². The van der Waals surface area contributed by atoms with Crippen molar-refractivity contribution in [1.82, 2.24) is 10.2 Å². The number of carbonyl (C=O) groups is 1. The number of nitrogens with one attached hydrogen (secondary N) is 1. The third kappa shape index (κ3) is 7.20. The zero-order valence-electron chi connectivity index (χ0n) is 12.8. The quantitative estimate of drug-likeness (QED) is 0.751. The number of amides is 2. The number of urea groups is 1. The molecule has 1 unspecified atom stereocenters. The number of ether oxygens (including phenoxy) is 2. The summed E-state index contributed by atoms with van der Waals surface area (Å²) in [7, 11) is 3.37. The Morgan fingerprint density at radius 1 is 1.38 bits per heavy atom. The molecule has 1 rings (SSSR count). The van der Waals surface area contributed by atoms with Gasteiger partial charge in [0.2, 0.25) is 0 Å². The molecule has 118 valence electrons. The van der Waals surface area contributed by atoms with E-state index in [-0.39, 0.29) is 12.1 Å². The van der Waals surface area contributed by atoms with Crippen LogP contribution in [0.5, 0.6) is 5.75 Å². The molecule has 0 bridgehead atoms. The second kappa shape index (κ2) is 9.47. The first-order valence-corrected chi connectivity index (χ1v) is 7.29. The first-order chi connectivity index (χ1) is 10.0. The summed E-state index contributed by atoms with van der Waals surface area (Å²) in [5.74, 6) is 0.778. The SMILES string of the molecule is COCC(C)NC(=O)N(C)CCCOc1ccc(Cl)cc1. The summed E-state index contributed by atoms with van der Waals surface area (Å²) < 4.78 is 10.6. The molecular weight excluding hydrogens is 292 g/mol. The molecule has 1 aromatic rings. The lowest BCUT2D eigenvalue weighted by molar-refractivity contribution is 0.161. The Hall–Kier alpha value is -1.46. The van der Waals surface area contributed by atoms with Crippen LogP contribution in [-0.4, -0.2) is 50.9 Å². The minimum Gasteiger partial charge on any atom is -0.494 e. The van der Waals surface area contributed by atoms with E-state index < -0.39 is 0 Å². The zero-order valence-corrected chi connectivity index (χ0v) is 13.5. The molecule has 1 N–H and O–H groups in total. The normalized spacial score (nSPS) is 11.8. The monoisotopic (exact) mass is 314 g/mol. The Morgan fingerprint density at radius 3 is 2.67 bits per heavy atom. The molecule has 0 saturated carbocycles. The lowest BCUT2D eigenvalue weighted by Gasteiger charge is -2.21. The van der Waals surface area contributed by atoms with Crippen LogP contribution in [0.1, 0.15) is 13.3 Å². The van der Waals surface area contributed by atoms with Gasteiger partial charge < -0.3 is 19.7 Å². The van der Waals surface area contributed by atoms with Gasteiger partial charge in [-0.1, -0.05) is 11.6 Å². The van der Waals surface area contributed by atoms with Crippen LogP contribution >= 0.6 is 11.6 Å². The van der Waals surface area contributed by atoms with E-state index in [0.717, 1.165) is 12.2 Å². The van der Waals surface area contributed by atoms with Gasteiger partial charge in [0.15, 0.2) is 0 Å². The highest BCUT2D eigenvalue weighted by Crippen LogP contribution is 2.15. The fraction of sp³-hybridized carbons (Fsp3) is 0.533. The van der Waals surface area contributed by atoms with Crippen molar-refractivity contribution in [2.24, 2.45) is 0 Å². The third-order valence-electron chi connectivity index (χ3n) is 2.85. The Morgan fingerprint density at radius 2 is 2.05 bits per heavy atom. The van der Waals surface area contributed by atoms with E-state index in [2.05, 4.69) is 5.32 Å². The maximum Gasteiger partial charge on any atom is 0.317 e. The fourth-order valence-corrected chi connectivity index (χ4v) is 1.86. The third-order valence-corrected chi connectivity index (χ3v) is 3.11. The minimum absolute atomic E-state index is 0.00438. The number of hydrogen-bond donors (Lipinski definition) is 1. The average Bonchev–Trinajstić information content (AvgIpc) is 2.45. The van der Waals surface area contributed by atoms with Crippen molar-refractivity contribution >= 4 is 17.6 Å². The fourth-order valence-electron chi connectivity index (χ4n) is 1.74. The Bertz CT molecular complexity index is 425. The lowest BCUT2D eigenvalue weighted by Crippen LogP contribution is -2.44. The second-order valence-corrected chi connectivity index (χ2v) is 5.32. The summed E-state index contributed by atoms with van der Waals surface area (Å²) >= 11 is 5.80. The molecule has 2 amide bonds. The van der Waals surface area contributed by atoms with E-state index in [1.165, 1.54) is 0 Å². The van der Waals surface area contributed by atoms with E-state index in [9.17, 15) is 4.79 Å². The Balaban J connectivity index is 2.19. The number of benzene rings is 1. The van der Waals surface area contributed by atoms with E-state index >= 15 is 0 Å². The predicted octanol–water partition coefficient (Wildman–Crippen LogP) is 2.79. The first kappa shape index (κ1) is 17.6. The summed E-state index contributed by atoms with van der Waals surface area (Å²) in [5.41, 5.74) is 0. The number of nitrogens with zero attached hydrogens (tertiary/aromatic N) is 1. The lowest BCUT2D eigenvalue weighted by atomic mass is 10.3. The summed E-state index contributed by atoms with van der Waals surface area (Å²) in [5, 5.41) is 3.54. The molecule has 0 aromatic heterocycles. The minimum atomic E-state index is -0.106. The standard InChI is InChI=1S/C15H23ClN2O3/c1-12(11-20-3)17-15(19)18(2)9-4-10-21-14-7-5-13(16)6-8-14/h5-8,12H,4,9-11H2,1-3H3,(H,17,19). The predicted molar refractivity (Wildman–Crippen MR) is 84.1 cm³/mol. The van der Waals surface area contributed by atoms with Gasteiger partial charge in [-0.25, -0.2) is 4.79 Å². The van der Waals surface area contributed by atoms with Gasteiger partial charge in [-0.3, -0.25) is 0 Å². The molecule has 5 nitrogen and oxygen atoms in total. The summed E-state index contributed by atoms with van der Waals surface area (Å²) in [6.07, 6.45) is 0.755. The number of hydrogen-bond acceptors (Lipinski definition) is 3. The van der Waals surface area contributed by atoms with E-state index in [4.69, 9.17) is 21.1 Å². The van der Waals surface area contributed by atoms with Crippen molar-refractivity contribution in [2.45, 2.75) is 19.4 Å². The first-order valence-electron chi connectivity index (χ1n) is 6.92. The van der Waals surface area contributed by atoms with Gasteiger partial charge >= 0.3 is 6.03 Å². The zero-order chi connectivity index (χ0) is 15.7. The maximum atomic E-state index is 11.8. The highest BCUT2D eigenvalue weighted by atomic mass is 35.5. The highest BCUT2D eigenvalue weighted by Gasteiger charge is 2.11. The van der Waals surface area contributed by atoms with Crippen LogP contribution in [0, 0.1) is 0 Å². The number of rotatable bonds is 8. The topological polar surface area (TPSA) is 50.8 Å². The van der Waals surface area contributed by atoms with Crippen LogP contribution in [0.15, 0.2) is 24.3 Å². The molecule has 0 aliphatic rings. The van der Waals surface area contributed by atoms with Gasteiger partial charge in [-0.15, -0.1) is 0 Å². The summed E-state index contributed by atoms with van der Waals surface area (Å²) in [4.78, 5) is 13.5. The summed E-state index contributed by atoms with van der Waals surface area (Å²) in [6, 6.07) is 7.11. The van der Waals surface area contributed by atoms with Gasteiger partial charge in [0.05, 0.1) is 19.3 Å². The molecule has 21 heavy (non-hydrogen) atoms. The average molecular weight is 315 g/mol. The van der Waals surface area contributed by atoms with Crippen molar-refractivity contribution in [2.75, 3.05) is 33.9 Å². The van der Waals surface area contributed by atoms with Crippen molar-refractivity contribution in [3.8, 4) is 5.75 Å². The Kier molecular flexibility index (Phi) is 7.93. The number of carbonyl (C=O) groups excluding carboxylic acids is 1. The molecule has 0 aliphatic carbocycles. The second-order valence-electron chi connectivity index (χ2n) is 4.88. The van der Waals surface area contributed by atoms with Crippen LogP contribution in [0.4, 0.5) is 4.79 Å². The van der Waals surface area contributed by atoms with Gasteiger partial charge in [0, 0.05) is 25.7 Å². The van der Waals surface area contributed by atoms with Crippen molar-refractivity contribution in [3.63, 3.8) is 0 Å². The van der Waals surface area contributed by atoms with Crippen LogP contribution in [0.25, 0.3) is 0 Å². The molecular formula is C15H23ClN2O3. The summed E-state index contributed by atoms with van der Waals surface area (Å²) in [6.45, 7) is 3.57. The van der Waals surface area contributed by atoms with Crippen LogP contribution in [0.2, 0.25) is 5.02 Å². The molecule has 0 spiro atoms. The highest BCUT2D eigenvalue weighted by molar-refractivity contribution is 6.30. The molecule has 0 fully saturated rings. The van der Waals surface area contributed by atoms with Crippen LogP contribution < -0.4 is 10.1 Å². The number of methoxy groups -OCH3 is 1.